The lowest BCUT2D eigenvalue weighted by Crippen LogP contribution is -2.37. The Hall–Kier alpha value is -4.51. The predicted molar refractivity (Wildman–Crippen MR) is 142 cm³/mol. The number of fused-ring (bicyclic) bond motifs is 2. The first kappa shape index (κ1) is 23.9. The summed E-state index contributed by atoms with van der Waals surface area (Å²) in [6.07, 6.45) is 6.11. The Morgan fingerprint density at radius 3 is 3.05 bits per heavy atom. The van der Waals surface area contributed by atoms with Crippen LogP contribution in [-0.4, -0.2) is 50.1 Å². The van der Waals surface area contributed by atoms with Crippen LogP contribution in [0.15, 0.2) is 61.2 Å². The number of nitrogens with zero attached hydrogens (tertiary/aromatic N) is 5. The van der Waals surface area contributed by atoms with Crippen LogP contribution in [-0.2, 0) is 11.3 Å². The van der Waals surface area contributed by atoms with E-state index in [1.165, 1.54) is 18.5 Å². The molecule has 3 N–H and O–H groups in total. The Morgan fingerprint density at radius 2 is 2.21 bits per heavy atom. The number of aromatic nitrogens is 5. The molecule has 3 aromatic heterocycles. The zero-order valence-electron chi connectivity index (χ0n) is 20.8. The highest BCUT2D eigenvalue weighted by atomic mass is 19.1. The van der Waals surface area contributed by atoms with Crippen molar-refractivity contribution in [2.75, 3.05) is 23.3 Å². The molecule has 0 radical (unpaired) electrons. The van der Waals surface area contributed by atoms with Crippen LogP contribution in [0.4, 0.5) is 26.4 Å². The van der Waals surface area contributed by atoms with Crippen molar-refractivity contribution in [3.8, 4) is 0 Å². The summed E-state index contributed by atoms with van der Waals surface area (Å²) in [4.78, 5) is 19.3. The zero-order valence-corrected chi connectivity index (χ0v) is 20.8. The highest BCUT2D eigenvalue weighted by Crippen LogP contribution is 2.35. The van der Waals surface area contributed by atoms with Crippen molar-refractivity contribution in [2.24, 2.45) is 0 Å². The van der Waals surface area contributed by atoms with Gasteiger partial charge in [0.15, 0.2) is 5.82 Å². The second kappa shape index (κ2) is 10.1. The molecule has 0 spiro atoms. The number of aromatic amines is 1. The first-order valence-corrected chi connectivity index (χ1v) is 12.5. The summed E-state index contributed by atoms with van der Waals surface area (Å²) in [5.74, 6) is 0.306. The molecule has 4 heterocycles. The molecule has 0 aliphatic carbocycles. The SMILES string of the molecule is Cc1c(NC(=O)O[C@@H]2CCCNC2)cn2ncnc(N(Cc3cccc(F)c3)c3ccc4[nH]ncc4c3)c12. The molecular weight excluding hydrogens is 487 g/mol. The molecule has 0 unspecified atom stereocenters. The van der Waals surface area contributed by atoms with Crippen molar-refractivity contribution >= 4 is 39.7 Å². The number of carbonyl (C=O) groups is 1. The van der Waals surface area contributed by atoms with E-state index in [0.29, 0.717) is 30.1 Å². The second-order valence-corrected chi connectivity index (χ2v) is 9.40. The number of ether oxygens (including phenoxy) is 1. The largest absolute Gasteiger partial charge is 0.445 e. The van der Waals surface area contributed by atoms with Gasteiger partial charge < -0.3 is 15.0 Å². The minimum atomic E-state index is -0.505. The number of piperidine rings is 1. The maximum absolute atomic E-state index is 14.1. The summed E-state index contributed by atoms with van der Waals surface area (Å²) in [6, 6.07) is 12.4. The maximum Gasteiger partial charge on any atom is 0.412 e. The molecule has 1 aliphatic heterocycles. The average Bonchev–Trinajstić information content (AvgIpc) is 3.51. The molecule has 1 fully saturated rings. The van der Waals surface area contributed by atoms with Crippen LogP contribution in [0.1, 0.15) is 24.0 Å². The smallest absolute Gasteiger partial charge is 0.412 e. The summed E-state index contributed by atoms with van der Waals surface area (Å²) in [5, 5.41) is 18.5. The molecule has 0 bridgehead atoms. The minimum absolute atomic E-state index is 0.156. The molecule has 2 aromatic carbocycles. The molecule has 1 saturated heterocycles. The Kier molecular flexibility index (Phi) is 6.34. The van der Waals surface area contributed by atoms with E-state index in [1.807, 2.05) is 36.1 Å². The van der Waals surface area contributed by atoms with Gasteiger partial charge >= 0.3 is 6.09 Å². The third-order valence-electron chi connectivity index (χ3n) is 6.79. The standard InChI is InChI=1S/C27H27FN8O2/c1-17-24(33-27(37)38-22-6-3-9-29-13-22)15-36-25(17)26(30-16-32-36)35(14-18-4-2-5-20(28)10-18)21-7-8-23-19(11-21)12-31-34-23/h2,4-5,7-8,10-12,15-16,22,29H,3,6,9,13-14H2,1H3,(H,31,34)(H,33,37)/t22-/m1/s1. The van der Waals surface area contributed by atoms with Gasteiger partial charge in [-0.05, 0) is 62.2 Å². The number of anilines is 3. The summed E-state index contributed by atoms with van der Waals surface area (Å²) in [6.45, 7) is 3.85. The van der Waals surface area contributed by atoms with E-state index in [1.54, 1.807) is 23.0 Å². The van der Waals surface area contributed by atoms with Crippen molar-refractivity contribution in [1.29, 1.82) is 0 Å². The van der Waals surface area contributed by atoms with Crippen LogP contribution in [0.2, 0.25) is 0 Å². The third kappa shape index (κ3) is 4.75. The van der Waals surface area contributed by atoms with Crippen LogP contribution in [0, 0.1) is 12.7 Å². The van der Waals surface area contributed by atoms with Gasteiger partial charge in [-0.25, -0.2) is 18.7 Å². The summed E-state index contributed by atoms with van der Waals surface area (Å²) in [5.41, 5.74) is 4.61. The summed E-state index contributed by atoms with van der Waals surface area (Å²) >= 11 is 0. The fourth-order valence-electron chi connectivity index (χ4n) is 4.88. The maximum atomic E-state index is 14.1. The highest BCUT2D eigenvalue weighted by Gasteiger charge is 2.23. The van der Waals surface area contributed by atoms with E-state index in [4.69, 9.17) is 4.74 Å². The van der Waals surface area contributed by atoms with E-state index in [0.717, 1.165) is 47.1 Å². The van der Waals surface area contributed by atoms with Gasteiger partial charge in [-0.15, -0.1) is 0 Å². The Morgan fingerprint density at radius 1 is 1.29 bits per heavy atom. The molecule has 6 rings (SSSR count). The van der Waals surface area contributed by atoms with Gasteiger partial charge in [0.05, 0.1) is 23.6 Å². The molecule has 10 nitrogen and oxygen atoms in total. The molecule has 0 saturated carbocycles. The number of hydrogen-bond acceptors (Lipinski definition) is 7. The molecule has 1 amide bonds. The number of hydrogen-bond donors (Lipinski definition) is 3. The fourth-order valence-corrected chi connectivity index (χ4v) is 4.88. The number of amides is 1. The fraction of sp³-hybridized carbons (Fsp3) is 0.259. The molecular formula is C27H27FN8O2. The number of benzene rings is 2. The van der Waals surface area contributed by atoms with Crippen molar-refractivity contribution in [3.05, 3.63) is 78.1 Å². The van der Waals surface area contributed by atoms with E-state index in [2.05, 4.69) is 30.9 Å². The summed E-state index contributed by atoms with van der Waals surface area (Å²) < 4.78 is 21.4. The first-order chi connectivity index (χ1) is 18.5. The Balaban J connectivity index is 1.38. The quantitative estimate of drug-likeness (QED) is 0.301. The number of H-pyrrole nitrogens is 1. The molecule has 1 aliphatic rings. The average molecular weight is 515 g/mol. The summed E-state index contributed by atoms with van der Waals surface area (Å²) in [7, 11) is 0. The van der Waals surface area contributed by atoms with Gasteiger partial charge in [0.1, 0.15) is 23.8 Å². The van der Waals surface area contributed by atoms with Crippen molar-refractivity contribution in [1.82, 2.24) is 30.1 Å². The topological polar surface area (TPSA) is 112 Å². The van der Waals surface area contributed by atoms with Gasteiger partial charge in [0.2, 0.25) is 0 Å². The van der Waals surface area contributed by atoms with Crippen LogP contribution < -0.4 is 15.5 Å². The minimum Gasteiger partial charge on any atom is -0.445 e. The van der Waals surface area contributed by atoms with Gasteiger partial charge in [-0.1, -0.05) is 12.1 Å². The third-order valence-corrected chi connectivity index (χ3v) is 6.79. The van der Waals surface area contributed by atoms with Gasteiger partial charge in [0.25, 0.3) is 0 Å². The second-order valence-electron chi connectivity index (χ2n) is 9.40. The van der Waals surface area contributed by atoms with Gasteiger partial charge in [0, 0.05) is 29.7 Å². The zero-order chi connectivity index (χ0) is 26.1. The van der Waals surface area contributed by atoms with Crippen molar-refractivity contribution in [2.45, 2.75) is 32.4 Å². The monoisotopic (exact) mass is 514 g/mol. The van der Waals surface area contributed by atoms with E-state index < -0.39 is 6.09 Å². The van der Waals surface area contributed by atoms with E-state index in [-0.39, 0.29) is 11.9 Å². The van der Waals surface area contributed by atoms with Crippen LogP contribution in [0.25, 0.3) is 16.4 Å². The lowest BCUT2D eigenvalue weighted by Gasteiger charge is -2.25. The van der Waals surface area contributed by atoms with Crippen LogP contribution in [0.5, 0.6) is 0 Å². The lowest BCUT2D eigenvalue weighted by molar-refractivity contribution is 0.0941. The number of rotatable bonds is 6. The molecule has 38 heavy (non-hydrogen) atoms. The number of halogens is 1. The molecule has 1 atom stereocenters. The number of nitrogens with one attached hydrogen (secondary N) is 3. The van der Waals surface area contributed by atoms with Crippen LogP contribution >= 0.6 is 0 Å². The first-order valence-electron chi connectivity index (χ1n) is 12.5. The van der Waals surface area contributed by atoms with Crippen molar-refractivity contribution < 1.29 is 13.9 Å². The number of aryl methyl sites for hydroxylation is 1. The number of carbonyl (C=O) groups excluding carboxylic acids is 1. The van der Waals surface area contributed by atoms with E-state index in [9.17, 15) is 9.18 Å². The molecule has 5 aromatic rings. The van der Waals surface area contributed by atoms with E-state index >= 15 is 0 Å². The molecule has 194 valence electrons. The van der Waals surface area contributed by atoms with Crippen LogP contribution in [0.3, 0.4) is 0 Å². The Labute approximate surface area is 217 Å². The van der Waals surface area contributed by atoms with Gasteiger partial charge in [-0.2, -0.15) is 10.2 Å². The Bertz CT molecular complexity index is 1610. The van der Waals surface area contributed by atoms with Gasteiger partial charge in [-0.3, -0.25) is 10.4 Å². The molecule has 11 heteroatoms. The predicted octanol–water partition coefficient (Wildman–Crippen LogP) is 4.69. The lowest BCUT2D eigenvalue weighted by atomic mass is 10.1. The highest BCUT2D eigenvalue weighted by molar-refractivity contribution is 5.91. The van der Waals surface area contributed by atoms with Crippen molar-refractivity contribution in [3.63, 3.8) is 0 Å². The normalized spacial score (nSPS) is 15.6.